The average molecular weight is 527 g/mol. The zero-order valence-corrected chi connectivity index (χ0v) is 22.4. The molecule has 4 aromatic rings. The van der Waals surface area contributed by atoms with Crippen molar-refractivity contribution in [3.63, 3.8) is 0 Å². The topological polar surface area (TPSA) is 123 Å². The van der Waals surface area contributed by atoms with E-state index >= 15 is 0 Å². The van der Waals surface area contributed by atoms with Crippen molar-refractivity contribution in [2.24, 2.45) is 7.05 Å². The molecule has 0 aliphatic carbocycles. The number of ether oxygens (including phenoxy) is 3. The maximum atomic E-state index is 13.7. The van der Waals surface area contributed by atoms with Crippen molar-refractivity contribution < 1.29 is 22.6 Å². The number of aromatic nitrogens is 6. The van der Waals surface area contributed by atoms with E-state index in [1.807, 2.05) is 13.0 Å². The van der Waals surface area contributed by atoms with Crippen LogP contribution in [-0.2, 0) is 27.4 Å². The summed E-state index contributed by atoms with van der Waals surface area (Å²) in [6.45, 7) is 3.52. The van der Waals surface area contributed by atoms with Gasteiger partial charge in [0.15, 0.2) is 21.5 Å². The molecule has 3 heterocycles. The van der Waals surface area contributed by atoms with Crippen LogP contribution in [0.15, 0.2) is 48.8 Å². The first-order chi connectivity index (χ1) is 17.7. The Balaban J connectivity index is 1.82. The van der Waals surface area contributed by atoms with Crippen LogP contribution in [0.5, 0.6) is 11.5 Å². The van der Waals surface area contributed by atoms with E-state index in [2.05, 4.69) is 20.3 Å². The number of aryl methyl sites for hydroxylation is 2. The Morgan fingerprint density at radius 1 is 1.00 bits per heavy atom. The Bertz CT molecular complexity index is 1460. The van der Waals surface area contributed by atoms with Gasteiger partial charge in [0, 0.05) is 26.6 Å². The normalized spacial score (nSPS) is 13.4. The molecule has 12 heteroatoms. The Morgan fingerprint density at radius 2 is 1.70 bits per heavy atom. The van der Waals surface area contributed by atoms with Crippen molar-refractivity contribution in [1.82, 2.24) is 29.5 Å². The van der Waals surface area contributed by atoms with Gasteiger partial charge in [0.1, 0.15) is 34.7 Å². The standard InChI is InChI=1S/C25H30N6O5S/c1-16-10-11-18(26-14-16)24(36-6)17(2)37(32,33)15-22-27-28-25(19-12-13-30(3)29-19)31(22)23-20(34-4)8-7-9-21(23)35-5/h7-14,17,24H,15H2,1-6H3/t17-,24-/m0/s1. The predicted octanol–water partition coefficient (Wildman–Crippen LogP) is 3.08. The summed E-state index contributed by atoms with van der Waals surface area (Å²) < 4.78 is 47.5. The summed E-state index contributed by atoms with van der Waals surface area (Å²) >= 11 is 0. The van der Waals surface area contributed by atoms with Gasteiger partial charge in [0.25, 0.3) is 0 Å². The average Bonchev–Trinajstić information content (AvgIpc) is 3.50. The van der Waals surface area contributed by atoms with Gasteiger partial charge in [-0.3, -0.25) is 14.2 Å². The number of benzene rings is 1. The maximum absolute atomic E-state index is 13.7. The summed E-state index contributed by atoms with van der Waals surface area (Å²) in [6, 6.07) is 10.7. The molecule has 0 N–H and O–H groups in total. The maximum Gasteiger partial charge on any atom is 0.189 e. The molecule has 0 aliphatic heterocycles. The highest BCUT2D eigenvalue weighted by Gasteiger charge is 2.34. The molecule has 0 saturated carbocycles. The van der Waals surface area contributed by atoms with Crippen LogP contribution in [0.25, 0.3) is 17.2 Å². The fourth-order valence-corrected chi connectivity index (χ4v) is 5.53. The van der Waals surface area contributed by atoms with Crippen LogP contribution >= 0.6 is 0 Å². The molecule has 0 fully saturated rings. The number of rotatable bonds is 10. The zero-order valence-electron chi connectivity index (χ0n) is 21.6. The fourth-order valence-electron chi connectivity index (χ4n) is 4.10. The third-order valence-electron chi connectivity index (χ3n) is 6.10. The summed E-state index contributed by atoms with van der Waals surface area (Å²) in [4.78, 5) is 4.38. The van der Waals surface area contributed by atoms with Crippen molar-refractivity contribution in [2.45, 2.75) is 31.0 Å². The summed E-state index contributed by atoms with van der Waals surface area (Å²) in [5.74, 6) is 1.04. The molecule has 3 aromatic heterocycles. The highest BCUT2D eigenvalue weighted by Crippen LogP contribution is 2.37. The van der Waals surface area contributed by atoms with Gasteiger partial charge in [-0.2, -0.15) is 5.10 Å². The predicted molar refractivity (Wildman–Crippen MR) is 137 cm³/mol. The van der Waals surface area contributed by atoms with E-state index in [9.17, 15) is 8.42 Å². The minimum atomic E-state index is -3.81. The minimum absolute atomic E-state index is 0.182. The number of hydrogen-bond acceptors (Lipinski definition) is 9. The minimum Gasteiger partial charge on any atom is -0.494 e. The Labute approximate surface area is 216 Å². The largest absolute Gasteiger partial charge is 0.494 e. The van der Waals surface area contributed by atoms with E-state index < -0.39 is 26.9 Å². The van der Waals surface area contributed by atoms with Crippen LogP contribution in [0, 0.1) is 6.92 Å². The second-order valence-corrected chi connectivity index (χ2v) is 10.9. The van der Waals surface area contributed by atoms with Crippen LogP contribution in [0.2, 0.25) is 0 Å². The molecule has 11 nitrogen and oxygen atoms in total. The van der Waals surface area contributed by atoms with E-state index in [-0.39, 0.29) is 5.82 Å². The summed E-state index contributed by atoms with van der Waals surface area (Å²) in [7, 11) is 2.50. The number of sulfone groups is 1. The quantitative estimate of drug-likeness (QED) is 0.307. The zero-order chi connectivity index (χ0) is 26.7. The first-order valence-electron chi connectivity index (χ1n) is 11.5. The molecule has 0 saturated heterocycles. The molecule has 0 unspecified atom stereocenters. The highest BCUT2D eigenvalue weighted by molar-refractivity contribution is 7.91. The molecule has 0 aliphatic rings. The molecular formula is C25H30N6O5S. The third-order valence-corrected chi connectivity index (χ3v) is 8.14. The lowest BCUT2D eigenvalue weighted by Crippen LogP contribution is -2.29. The summed E-state index contributed by atoms with van der Waals surface area (Å²) in [5, 5.41) is 12.1. The molecule has 2 atom stereocenters. The van der Waals surface area contributed by atoms with Crippen molar-refractivity contribution in [3.05, 3.63) is 65.9 Å². The van der Waals surface area contributed by atoms with Gasteiger partial charge in [-0.1, -0.05) is 12.1 Å². The second kappa shape index (κ2) is 10.7. The van der Waals surface area contributed by atoms with E-state index in [1.54, 1.807) is 65.9 Å². The van der Waals surface area contributed by atoms with Crippen molar-refractivity contribution in [3.8, 4) is 28.7 Å². The van der Waals surface area contributed by atoms with E-state index in [0.717, 1.165) is 5.56 Å². The van der Waals surface area contributed by atoms with E-state index in [1.165, 1.54) is 21.3 Å². The van der Waals surface area contributed by atoms with Gasteiger partial charge < -0.3 is 14.2 Å². The molecule has 1 aromatic carbocycles. The number of nitrogens with zero attached hydrogens (tertiary/aromatic N) is 6. The van der Waals surface area contributed by atoms with Crippen LogP contribution in [-0.4, -0.2) is 64.5 Å². The number of hydrogen-bond donors (Lipinski definition) is 0. The lowest BCUT2D eigenvalue weighted by atomic mass is 10.1. The van der Waals surface area contributed by atoms with Gasteiger partial charge in [-0.05, 0) is 43.7 Å². The summed E-state index contributed by atoms with van der Waals surface area (Å²) in [6.07, 6.45) is 2.69. The molecule has 0 spiro atoms. The van der Waals surface area contributed by atoms with E-state index in [0.29, 0.717) is 34.4 Å². The molecule has 0 bridgehead atoms. The number of methoxy groups -OCH3 is 3. The molecule has 4 rings (SSSR count). The number of pyridine rings is 1. The number of para-hydroxylation sites is 1. The SMILES string of the molecule is COc1cccc(OC)c1-n1c(CS(=O)(=O)[C@@H](C)[C@H](OC)c2ccc(C)cn2)nnc1-c1ccn(C)n1. The van der Waals surface area contributed by atoms with Gasteiger partial charge in [0.05, 0.1) is 25.2 Å². The lowest BCUT2D eigenvalue weighted by Gasteiger charge is -2.23. The monoisotopic (exact) mass is 526 g/mol. The first kappa shape index (κ1) is 26.3. The molecule has 196 valence electrons. The van der Waals surface area contributed by atoms with Gasteiger partial charge in [-0.15, -0.1) is 10.2 Å². The lowest BCUT2D eigenvalue weighted by molar-refractivity contribution is 0.0987. The van der Waals surface area contributed by atoms with Gasteiger partial charge >= 0.3 is 0 Å². The van der Waals surface area contributed by atoms with Crippen LogP contribution in [0.1, 0.15) is 30.1 Å². The van der Waals surface area contributed by atoms with Crippen molar-refractivity contribution in [2.75, 3.05) is 21.3 Å². The smallest absolute Gasteiger partial charge is 0.189 e. The third kappa shape index (κ3) is 5.20. The first-order valence-corrected chi connectivity index (χ1v) is 13.2. The van der Waals surface area contributed by atoms with Gasteiger partial charge in [-0.25, -0.2) is 8.42 Å². The summed E-state index contributed by atoms with van der Waals surface area (Å²) in [5.41, 5.74) is 2.49. The van der Waals surface area contributed by atoms with Crippen LogP contribution in [0.3, 0.4) is 0 Å². The molecular weight excluding hydrogens is 496 g/mol. The van der Waals surface area contributed by atoms with Crippen LogP contribution in [0.4, 0.5) is 0 Å². The highest BCUT2D eigenvalue weighted by atomic mass is 32.2. The van der Waals surface area contributed by atoms with E-state index in [4.69, 9.17) is 14.2 Å². The Hall–Kier alpha value is -3.77. The van der Waals surface area contributed by atoms with Gasteiger partial charge in [0.2, 0.25) is 0 Å². The van der Waals surface area contributed by atoms with Crippen molar-refractivity contribution >= 4 is 9.84 Å². The Kier molecular flexibility index (Phi) is 7.60. The molecule has 0 amide bonds. The second-order valence-electron chi connectivity index (χ2n) is 8.59. The molecule has 0 radical (unpaired) electrons. The fraction of sp³-hybridized carbons (Fsp3) is 0.360. The molecule has 37 heavy (non-hydrogen) atoms. The van der Waals surface area contributed by atoms with Crippen molar-refractivity contribution in [1.29, 1.82) is 0 Å². The van der Waals surface area contributed by atoms with Crippen LogP contribution < -0.4 is 9.47 Å². The Morgan fingerprint density at radius 3 is 2.24 bits per heavy atom.